The number of halogens is 1. The summed E-state index contributed by atoms with van der Waals surface area (Å²) in [5.74, 6) is 0.925. The number of rotatable bonds is 9. The highest BCUT2D eigenvalue weighted by atomic mass is 35.5. The van der Waals surface area contributed by atoms with E-state index in [1.165, 1.54) is 0 Å². The second-order valence-corrected chi connectivity index (χ2v) is 9.86. The number of aromatic nitrogens is 3. The van der Waals surface area contributed by atoms with E-state index in [-0.39, 0.29) is 0 Å². The SMILES string of the molecule is COc1cnc(/C=N/N(Cc2ccc(C(=O)OC(C)(C)C)cc2Cl)c2ccccc2)nc1Nc1ccncc1. The molecule has 0 aliphatic rings. The van der Waals surface area contributed by atoms with E-state index < -0.39 is 11.6 Å². The molecular formula is C29H29ClN6O3. The Kier molecular flexibility index (Phi) is 8.73. The van der Waals surface area contributed by atoms with E-state index in [2.05, 4.69) is 25.4 Å². The van der Waals surface area contributed by atoms with Crippen LogP contribution in [0.3, 0.4) is 0 Å². The van der Waals surface area contributed by atoms with Crippen molar-refractivity contribution in [1.82, 2.24) is 15.0 Å². The van der Waals surface area contributed by atoms with Gasteiger partial charge in [0.1, 0.15) is 5.60 Å². The fourth-order valence-corrected chi connectivity index (χ4v) is 3.72. The molecule has 10 heteroatoms. The molecule has 9 nitrogen and oxygen atoms in total. The molecular weight excluding hydrogens is 516 g/mol. The van der Waals surface area contributed by atoms with Gasteiger partial charge in [-0.25, -0.2) is 14.8 Å². The summed E-state index contributed by atoms with van der Waals surface area (Å²) in [6.45, 7) is 5.80. The molecule has 4 rings (SSSR count). The van der Waals surface area contributed by atoms with Gasteiger partial charge in [-0.15, -0.1) is 0 Å². The Balaban J connectivity index is 1.59. The monoisotopic (exact) mass is 544 g/mol. The van der Waals surface area contributed by atoms with Gasteiger partial charge in [0.2, 0.25) is 0 Å². The summed E-state index contributed by atoms with van der Waals surface area (Å²) in [6.07, 6.45) is 6.51. The zero-order valence-corrected chi connectivity index (χ0v) is 22.9. The van der Waals surface area contributed by atoms with Gasteiger partial charge in [-0.3, -0.25) is 9.99 Å². The highest BCUT2D eigenvalue weighted by Crippen LogP contribution is 2.26. The largest absolute Gasteiger partial charge is 0.491 e. The number of nitrogens with zero attached hydrogens (tertiary/aromatic N) is 5. The third-order valence-corrected chi connectivity index (χ3v) is 5.66. The lowest BCUT2D eigenvalue weighted by molar-refractivity contribution is 0.00695. The van der Waals surface area contributed by atoms with Crippen LogP contribution in [0.2, 0.25) is 5.02 Å². The van der Waals surface area contributed by atoms with Crippen LogP contribution < -0.4 is 15.1 Å². The highest BCUT2D eigenvalue weighted by molar-refractivity contribution is 6.31. The number of anilines is 3. The Hall–Kier alpha value is -4.50. The van der Waals surface area contributed by atoms with E-state index in [0.29, 0.717) is 34.5 Å². The van der Waals surface area contributed by atoms with Crippen molar-refractivity contribution in [2.45, 2.75) is 32.9 Å². The van der Waals surface area contributed by atoms with Crippen molar-refractivity contribution in [3.8, 4) is 5.75 Å². The number of methoxy groups -OCH3 is 1. The van der Waals surface area contributed by atoms with Crippen LogP contribution in [0.1, 0.15) is 42.5 Å². The molecule has 2 aromatic heterocycles. The van der Waals surface area contributed by atoms with E-state index in [1.54, 1.807) is 55.1 Å². The van der Waals surface area contributed by atoms with Crippen molar-refractivity contribution in [1.29, 1.82) is 0 Å². The maximum absolute atomic E-state index is 12.5. The zero-order chi connectivity index (χ0) is 27.8. The summed E-state index contributed by atoms with van der Waals surface area (Å²) in [5, 5.41) is 10.1. The molecule has 0 atom stereocenters. The second kappa shape index (κ2) is 12.4. The van der Waals surface area contributed by atoms with Crippen LogP contribution in [0, 0.1) is 0 Å². The number of carbonyl (C=O) groups is 1. The average molecular weight is 545 g/mol. The van der Waals surface area contributed by atoms with Crippen LogP contribution in [0.25, 0.3) is 0 Å². The molecule has 4 aromatic rings. The van der Waals surface area contributed by atoms with Crippen molar-refractivity contribution in [3.63, 3.8) is 0 Å². The number of pyridine rings is 1. The fraction of sp³-hybridized carbons (Fsp3) is 0.207. The van der Waals surface area contributed by atoms with Gasteiger partial charge in [0.05, 0.1) is 37.3 Å². The normalized spacial score (nSPS) is 11.3. The summed E-state index contributed by atoms with van der Waals surface area (Å²) in [4.78, 5) is 25.4. The molecule has 39 heavy (non-hydrogen) atoms. The Morgan fingerprint density at radius 3 is 2.51 bits per heavy atom. The minimum absolute atomic E-state index is 0.340. The van der Waals surface area contributed by atoms with Gasteiger partial charge in [-0.05, 0) is 62.7 Å². The Labute approximate surface area is 232 Å². The molecule has 2 heterocycles. The number of carbonyl (C=O) groups excluding carboxylic acids is 1. The van der Waals surface area contributed by atoms with Crippen molar-refractivity contribution in [2.75, 3.05) is 17.4 Å². The van der Waals surface area contributed by atoms with Crippen LogP contribution >= 0.6 is 11.6 Å². The van der Waals surface area contributed by atoms with Crippen LogP contribution in [0.15, 0.2) is 84.4 Å². The summed E-state index contributed by atoms with van der Waals surface area (Å²) < 4.78 is 10.9. The van der Waals surface area contributed by atoms with Gasteiger partial charge in [0, 0.05) is 23.1 Å². The van der Waals surface area contributed by atoms with Gasteiger partial charge >= 0.3 is 5.97 Å². The topological polar surface area (TPSA) is 102 Å². The smallest absolute Gasteiger partial charge is 0.338 e. The first-order valence-electron chi connectivity index (χ1n) is 12.2. The number of hydrazone groups is 1. The predicted octanol–water partition coefficient (Wildman–Crippen LogP) is 6.27. The third kappa shape index (κ3) is 7.75. The van der Waals surface area contributed by atoms with Gasteiger partial charge in [0.25, 0.3) is 0 Å². The van der Waals surface area contributed by atoms with E-state index >= 15 is 0 Å². The number of hydrogen-bond donors (Lipinski definition) is 1. The minimum Gasteiger partial charge on any atom is -0.491 e. The molecule has 1 N–H and O–H groups in total. The highest BCUT2D eigenvalue weighted by Gasteiger charge is 2.19. The number of para-hydroxylation sites is 1. The molecule has 0 saturated carbocycles. The zero-order valence-electron chi connectivity index (χ0n) is 22.1. The lowest BCUT2D eigenvalue weighted by Crippen LogP contribution is -2.24. The van der Waals surface area contributed by atoms with Gasteiger partial charge in [-0.2, -0.15) is 5.10 Å². The van der Waals surface area contributed by atoms with Gasteiger partial charge in [0.15, 0.2) is 17.4 Å². The average Bonchev–Trinajstić information content (AvgIpc) is 2.92. The number of hydrogen-bond acceptors (Lipinski definition) is 9. The van der Waals surface area contributed by atoms with Crippen LogP contribution in [0.4, 0.5) is 17.2 Å². The minimum atomic E-state index is -0.599. The van der Waals surface area contributed by atoms with E-state index in [4.69, 9.17) is 21.1 Å². The Morgan fingerprint density at radius 2 is 1.85 bits per heavy atom. The molecule has 0 spiro atoms. The first-order chi connectivity index (χ1) is 18.7. The van der Waals surface area contributed by atoms with Gasteiger partial charge < -0.3 is 14.8 Å². The quantitative estimate of drug-likeness (QED) is 0.149. The predicted molar refractivity (Wildman–Crippen MR) is 153 cm³/mol. The van der Waals surface area contributed by atoms with E-state index in [0.717, 1.165) is 16.9 Å². The van der Waals surface area contributed by atoms with Crippen LogP contribution in [-0.2, 0) is 11.3 Å². The molecule has 2 aromatic carbocycles. The number of ether oxygens (including phenoxy) is 2. The molecule has 0 unspecified atom stereocenters. The van der Waals surface area contributed by atoms with Crippen LogP contribution in [-0.4, -0.2) is 39.8 Å². The molecule has 0 fully saturated rings. The van der Waals surface area contributed by atoms with Crippen molar-refractivity contribution in [3.05, 3.63) is 101 Å². The molecule has 200 valence electrons. The maximum Gasteiger partial charge on any atom is 0.338 e. The molecule has 0 aliphatic carbocycles. The lowest BCUT2D eigenvalue weighted by Gasteiger charge is -2.21. The molecule has 0 bridgehead atoms. The Bertz CT molecular complexity index is 1440. The summed E-state index contributed by atoms with van der Waals surface area (Å²) >= 11 is 6.59. The fourth-order valence-electron chi connectivity index (χ4n) is 3.48. The first-order valence-corrected chi connectivity index (χ1v) is 12.6. The molecule has 0 aliphatic heterocycles. The lowest BCUT2D eigenvalue weighted by atomic mass is 10.1. The summed E-state index contributed by atoms with van der Waals surface area (Å²) in [7, 11) is 1.55. The standard InChI is InChI=1S/C29H29ClN6O3/c1-29(2,3)39-28(37)20-10-11-21(24(30)16-20)19-36(23-8-6-5-7-9-23)33-18-26-32-17-25(38-4)27(35-26)34-22-12-14-31-15-13-22/h5-18H,19H2,1-4H3,(H,31,32,34,35)/b33-18+. The van der Waals surface area contributed by atoms with E-state index in [9.17, 15) is 4.79 Å². The number of nitrogens with one attached hydrogen (secondary N) is 1. The summed E-state index contributed by atoms with van der Waals surface area (Å²) in [5.41, 5.74) is 2.21. The molecule has 0 radical (unpaired) electrons. The second-order valence-electron chi connectivity index (χ2n) is 9.45. The molecule has 0 saturated heterocycles. The van der Waals surface area contributed by atoms with Gasteiger partial charge in [-0.1, -0.05) is 35.9 Å². The molecule has 0 amide bonds. The van der Waals surface area contributed by atoms with Crippen LogP contribution in [0.5, 0.6) is 5.75 Å². The van der Waals surface area contributed by atoms with Crippen molar-refractivity contribution in [2.24, 2.45) is 5.10 Å². The Morgan fingerprint density at radius 1 is 1.10 bits per heavy atom. The van der Waals surface area contributed by atoms with Crippen molar-refractivity contribution < 1.29 is 14.3 Å². The maximum atomic E-state index is 12.5. The number of esters is 1. The van der Waals surface area contributed by atoms with Crippen molar-refractivity contribution >= 4 is 41.0 Å². The van der Waals surface area contributed by atoms with E-state index in [1.807, 2.05) is 63.2 Å². The summed E-state index contributed by atoms with van der Waals surface area (Å²) in [6, 6.07) is 18.4. The number of benzene rings is 2. The first kappa shape index (κ1) is 27.5. The third-order valence-electron chi connectivity index (χ3n) is 5.31.